The second-order valence-corrected chi connectivity index (χ2v) is 9.42. The quantitative estimate of drug-likeness (QED) is 0.163. The fourth-order valence-electron chi connectivity index (χ4n) is 4.84. The largest absolute Gasteiger partial charge is 0.497 e. The first-order chi connectivity index (χ1) is 20.2. The predicted octanol–water partition coefficient (Wildman–Crippen LogP) is 7.37. The highest BCUT2D eigenvalue weighted by atomic mass is 16.5. The van der Waals surface area contributed by atoms with Crippen LogP contribution >= 0.6 is 0 Å². The van der Waals surface area contributed by atoms with Crippen LogP contribution in [0.3, 0.4) is 0 Å². The third kappa shape index (κ3) is 5.44. The minimum atomic E-state index is -0.283. The van der Waals surface area contributed by atoms with Crippen LogP contribution in [0, 0.1) is 0 Å². The molecular formula is C35H28N4O2. The maximum absolute atomic E-state index is 12.9. The molecule has 6 rings (SSSR count). The monoisotopic (exact) mass is 536 g/mol. The second kappa shape index (κ2) is 11.6. The van der Waals surface area contributed by atoms with Crippen molar-refractivity contribution in [3.8, 4) is 39.6 Å². The van der Waals surface area contributed by atoms with Crippen molar-refractivity contribution in [1.82, 2.24) is 14.6 Å². The molecule has 0 spiro atoms. The van der Waals surface area contributed by atoms with E-state index in [1.165, 1.54) is 0 Å². The summed E-state index contributed by atoms with van der Waals surface area (Å²) in [6, 6.07) is 44.0. The van der Waals surface area contributed by atoms with Crippen molar-refractivity contribution >= 4 is 12.1 Å². The molecule has 0 aliphatic rings. The van der Waals surface area contributed by atoms with Gasteiger partial charge in [0.05, 0.1) is 30.4 Å². The Bertz CT molecular complexity index is 1730. The Hall–Kier alpha value is -5.62. The molecule has 200 valence electrons. The highest BCUT2D eigenvalue weighted by Crippen LogP contribution is 2.32. The minimum absolute atomic E-state index is 0.283. The molecule has 0 aliphatic heterocycles. The first kappa shape index (κ1) is 25.6. The lowest BCUT2D eigenvalue weighted by Gasteiger charge is -2.15. The van der Waals surface area contributed by atoms with Gasteiger partial charge >= 0.3 is 0 Å². The summed E-state index contributed by atoms with van der Waals surface area (Å²) in [6.45, 7) is 0. The van der Waals surface area contributed by atoms with E-state index in [0.717, 1.165) is 45.3 Å². The van der Waals surface area contributed by atoms with Crippen molar-refractivity contribution in [1.29, 1.82) is 0 Å². The van der Waals surface area contributed by atoms with Crippen LogP contribution in [-0.4, -0.2) is 28.4 Å². The zero-order valence-corrected chi connectivity index (χ0v) is 22.5. The molecule has 0 saturated heterocycles. The summed E-state index contributed by atoms with van der Waals surface area (Å²) in [5, 5.41) is 4.21. The molecule has 1 N–H and O–H groups in total. The number of hydrazone groups is 1. The number of carbonyl (C=O) groups is 1. The Morgan fingerprint density at radius 2 is 1.27 bits per heavy atom. The van der Waals surface area contributed by atoms with Gasteiger partial charge in [-0.25, -0.2) is 5.43 Å². The third-order valence-corrected chi connectivity index (χ3v) is 6.90. The van der Waals surface area contributed by atoms with E-state index in [2.05, 4.69) is 51.5 Å². The molecule has 1 amide bonds. The van der Waals surface area contributed by atoms with Gasteiger partial charge in [-0.05, 0) is 83.9 Å². The van der Waals surface area contributed by atoms with Crippen LogP contribution in [0.1, 0.15) is 16.1 Å². The van der Waals surface area contributed by atoms with Crippen LogP contribution in [0.5, 0.6) is 5.75 Å². The van der Waals surface area contributed by atoms with Crippen LogP contribution in [0.2, 0.25) is 0 Å². The fourth-order valence-corrected chi connectivity index (χ4v) is 4.84. The van der Waals surface area contributed by atoms with Crippen LogP contribution in [0.15, 0.2) is 145 Å². The van der Waals surface area contributed by atoms with Gasteiger partial charge in [0.2, 0.25) is 0 Å². The van der Waals surface area contributed by atoms with Crippen molar-refractivity contribution in [2.24, 2.45) is 5.10 Å². The number of aromatic nitrogens is 2. The van der Waals surface area contributed by atoms with Gasteiger partial charge in [0.1, 0.15) is 5.75 Å². The van der Waals surface area contributed by atoms with Crippen molar-refractivity contribution in [2.75, 3.05) is 7.11 Å². The SMILES string of the molecule is COc1ccc(-n2cccc2/C=N\NC(=O)c2ccc(-n3c(-c4ccccc4)ccc3-c3ccccc3)cc2)cc1. The van der Waals surface area contributed by atoms with E-state index >= 15 is 0 Å². The zero-order valence-electron chi connectivity index (χ0n) is 22.5. The lowest BCUT2D eigenvalue weighted by molar-refractivity contribution is 0.0955. The molecule has 0 aliphatic carbocycles. The summed E-state index contributed by atoms with van der Waals surface area (Å²) in [5.74, 6) is 0.508. The van der Waals surface area contributed by atoms with E-state index in [-0.39, 0.29) is 5.91 Å². The van der Waals surface area contributed by atoms with Crippen molar-refractivity contribution in [2.45, 2.75) is 0 Å². The van der Waals surface area contributed by atoms with Crippen LogP contribution in [0.4, 0.5) is 0 Å². The zero-order chi connectivity index (χ0) is 28.0. The molecule has 2 heterocycles. The van der Waals surface area contributed by atoms with Gasteiger partial charge in [0, 0.05) is 23.1 Å². The maximum Gasteiger partial charge on any atom is 0.271 e. The number of hydrogen-bond donors (Lipinski definition) is 1. The average molecular weight is 537 g/mol. The standard InChI is InChI=1S/C35H28N4O2/c1-41-32-20-18-29(19-21-32)38-24-8-13-31(38)25-36-37-35(40)28-14-16-30(17-15-28)39-33(26-9-4-2-5-10-26)22-23-34(39)27-11-6-3-7-12-27/h2-25H,1H3,(H,37,40)/b36-25-. The molecule has 6 aromatic rings. The number of methoxy groups -OCH3 is 1. The normalized spacial score (nSPS) is 11.0. The van der Waals surface area contributed by atoms with Gasteiger partial charge in [-0.3, -0.25) is 4.79 Å². The summed E-state index contributed by atoms with van der Waals surface area (Å²) in [7, 11) is 1.64. The first-order valence-corrected chi connectivity index (χ1v) is 13.3. The van der Waals surface area contributed by atoms with Crippen LogP contribution in [0.25, 0.3) is 33.9 Å². The number of hydrogen-bond acceptors (Lipinski definition) is 3. The van der Waals surface area contributed by atoms with Gasteiger partial charge < -0.3 is 13.9 Å². The Balaban J connectivity index is 1.22. The molecule has 41 heavy (non-hydrogen) atoms. The molecule has 6 nitrogen and oxygen atoms in total. The molecule has 0 atom stereocenters. The van der Waals surface area contributed by atoms with Gasteiger partial charge in [-0.15, -0.1) is 0 Å². The molecular weight excluding hydrogens is 508 g/mol. The first-order valence-electron chi connectivity index (χ1n) is 13.3. The Morgan fingerprint density at radius 1 is 0.683 bits per heavy atom. The van der Waals surface area contributed by atoms with E-state index in [0.29, 0.717) is 5.56 Å². The lowest BCUT2D eigenvalue weighted by Crippen LogP contribution is -2.18. The average Bonchev–Trinajstić information content (AvgIpc) is 3.70. The highest BCUT2D eigenvalue weighted by molar-refractivity contribution is 5.95. The molecule has 4 aromatic carbocycles. The number of benzene rings is 4. The van der Waals surface area contributed by atoms with Crippen LogP contribution in [-0.2, 0) is 0 Å². The predicted molar refractivity (Wildman–Crippen MR) is 164 cm³/mol. The van der Waals surface area contributed by atoms with E-state index < -0.39 is 0 Å². The number of carbonyl (C=O) groups excluding carboxylic acids is 1. The second-order valence-electron chi connectivity index (χ2n) is 9.42. The molecule has 2 aromatic heterocycles. The van der Waals surface area contributed by atoms with Crippen molar-refractivity contribution < 1.29 is 9.53 Å². The van der Waals surface area contributed by atoms with E-state index in [1.54, 1.807) is 13.3 Å². The maximum atomic E-state index is 12.9. The van der Waals surface area contributed by atoms with Gasteiger partial charge in [0.15, 0.2) is 0 Å². The number of rotatable bonds is 8. The molecule has 0 fully saturated rings. The summed E-state index contributed by atoms with van der Waals surface area (Å²) >= 11 is 0. The third-order valence-electron chi connectivity index (χ3n) is 6.90. The molecule has 6 heteroatoms. The van der Waals surface area contributed by atoms with E-state index in [9.17, 15) is 4.79 Å². The van der Waals surface area contributed by atoms with Crippen molar-refractivity contribution in [3.63, 3.8) is 0 Å². The minimum Gasteiger partial charge on any atom is -0.497 e. The number of amides is 1. The lowest BCUT2D eigenvalue weighted by atomic mass is 10.1. The summed E-state index contributed by atoms with van der Waals surface area (Å²) in [6.07, 6.45) is 3.58. The summed E-state index contributed by atoms with van der Waals surface area (Å²) in [4.78, 5) is 12.9. The smallest absolute Gasteiger partial charge is 0.271 e. The van der Waals surface area contributed by atoms with Gasteiger partial charge in [-0.2, -0.15) is 5.10 Å². The number of nitrogens with zero attached hydrogens (tertiary/aromatic N) is 3. The van der Waals surface area contributed by atoms with E-state index in [4.69, 9.17) is 4.74 Å². The molecule has 0 unspecified atom stereocenters. The van der Waals surface area contributed by atoms with Crippen molar-refractivity contribution in [3.05, 3.63) is 151 Å². The summed E-state index contributed by atoms with van der Waals surface area (Å²) < 4.78 is 9.45. The number of nitrogens with one attached hydrogen (secondary N) is 1. The van der Waals surface area contributed by atoms with E-state index in [1.807, 2.05) is 108 Å². The molecule has 0 bridgehead atoms. The number of ether oxygens (including phenoxy) is 1. The molecule has 0 radical (unpaired) electrons. The van der Waals surface area contributed by atoms with Gasteiger partial charge in [0.25, 0.3) is 5.91 Å². The fraction of sp³-hybridized carbons (Fsp3) is 0.0286. The topological polar surface area (TPSA) is 60.5 Å². The Labute approximate surface area is 238 Å². The molecule has 0 saturated carbocycles. The Kier molecular flexibility index (Phi) is 7.28. The summed E-state index contributed by atoms with van der Waals surface area (Å²) in [5.41, 5.74) is 10.3. The van der Waals surface area contributed by atoms with Crippen LogP contribution < -0.4 is 10.2 Å². The highest BCUT2D eigenvalue weighted by Gasteiger charge is 2.14. The Morgan fingerprint density at radius 3 is 1.85 bits per heavy atom. The van der Waals surface area contributed by atoms with Gasteiger partial charge in [-0.1, -0.05) is 60.7 Å².